The molecule has 1 aliphatic heterocycles. The molecule has 0 bridgehead atoms. The van der Waals surface area contributed by atoms with E-state index in [1.54, 1.807) is 0 Å². The van der Waals surface area contributed by atoms with E-state index in [9.17, 15) is 49.1 Å². The second-order valence-electron chi connectivity index (χ2n) is 9.76. The van der Waals surface area contributed by atoms with Gasteiger partial charge < -0.3 is 19.1 Å². The van der Waals surface area contributed by atoms with Crippen molar-refractivity contribution in [2.45, 2.75) is 63.3 Å². The van der Waals surface area contributed by atoms with E-state index in [-0.39, 0.29) is 30.2 Å². The number of anilines is 1. The maximum atomic E-state index is 13.7. The number of amides is 1. The molecular weight excluding hydrogens is 591 g/mol. The van der Waals surface area contributed by atoms with Crippen LogP contribution in [0.5, 0.6) is 0 Å². The third kappa shape index (κ3) is 6.85. The minimum absolute atomic E-state index is 0.00752. The average molecular weight is 616 g/mol. The van der Waals surface area contributed by atoms with Crippen molar-refractivity contribution >= 4 is 18.3 Å². The van der Waals surface area contributed by atoms with E-state index in [0.717, 1.165) is 19.2 Å². The molecule has 0 N–H and O–H groups in total. The molecule has 2 unspecified atom stereocenters. The van der Waals surface area contributed by atoms with Crippen molar-refractivity contribution in [2.24, 2.45) is 0 Å². The lowest BCUT2D eigenvalue weighted by atomic mass is 9.90. The maximum absolute atomic E-state index is 13.7. The molecule has 3 rings (SSSR count). The summed E-state index contributed by atoms with van der Waals surface area (Å²) in [6.45, 7) is 2.02. The summed E-state index contributed by atoms with van der Waals surface area (Å²) >= 11 is 0. The molecule has 0 spiro atoms. The van der Waals surface area contributed by atoms with Crippen molar-refractivity contribution < 1.29 is 63.3 Å². The molecule has 0 fully saturated rings. The molecule has 2 aromatic rings. The van der Waals surface area contributed by atoms with Crippen LogP contribution in [-0.4, -0.2) is 43.6 Å². The van der Waals surface area contributed by atoms with Crippen molar-refractivity contribution in [1.82, 2.24) is 4.90 Å². The lowest BCUT2D eigenvalue weighted by Gasteiger charge is -2.49. The van der Waals surface area contributed by atoms with E-state index in [1.165, 1.54) is 25.9 Å². The van der Waals surface area contributed by atoms with E-state index < -0.39 is 71.4 Å². The zero-order valence-corrected chi connectivity index (χ0v) is 22.4. The van der Waals surface area contributed by atoms with Gasteiger partial charge in [0.1, 0.15) is 6.23 Å². The summed E-state index contributed by atoms with van der Waals surface area (Å²) in [7, 11) is 2.10. The van der Waals surface area contributed by atoms with Crippen LogP contribution in [-0.2, 0) is 44.1 Å². The van der Waals surface area contributed by atoms with Gasteiger partial charge in [-0.15, -0.1) is 0 Å². The summed E-state index contributed by atoms with van der Waals surface area (Å²) in [5.41, 5.74) is -6.78. The Morgan fingerprint density at radius 3 is 1.90 bits per heavy atom. The van der Waals surface area contributed by atoms with Gasteiger partial charge in [0.2, 0.25) is 0 Å². The highest BCUT2D eigenvalue weighted by molar-refractivity contribution is 5.70. The number of halogens is 9. The lowest BCUT2D eigenvalue weighted by Crippen LogP contribution is -2.56. The molecule has 0 saturated carbocycles. The van der Waals surface area contributed by atoms with Crippen molar-refractivity contribution in [3.8, 4) is 0 Å². The number of carbonyl (C=O) groups is 2. The number of carbonyl (C=O) groups excluding carboxylic acids is 2. The molecule has 2 atom stereocenters. The molecule has 42 heavy (non-hydrogen) atoms. The fourth-order valence-electron chi connectivity index (χ4n) is 4.83. The quantitative estimate of drug-likeness (QED) is 0.243. The lowest BCUT2D eigenvalue weighted by molar-refractivity contribution is -0.144. The van der Waals surface area contributed by atoms with E-state index >= 15 is 0 Å². The van der Waals surface area contributed by atoms with Gasteiger partial charge in [-0.05, 0) is 61.4 Å². The fourth-order valence-corrected chi connectivity index (χ4v) is 4.83. The molecule has 16 heteroatoms. The molecule has 7 nitrogen and oxygen atoms in total. The van der Waals surface area contributed by atoms with Gasteiger partial charge in [0.25, 0.3) is 6.47 Å². The van der Waals surface area contributed by atoms with Crippen LogP contribution in [0.1, 0.15) is 54.1 Å². The number of methoxy groups -OCH3 is 2. The van der Waals surface area contributed by atoms with Gasteiger partial charge in [-0.1, -0.05) is 0 Å². The predicted molar refractivity (Wildman–Crippen MR) is 128 cm³/mol. The Kier molecular flexibility index (Phi) is 9.01. The summed E-state index contributed by atoms with van der Waals surface area (Å²) in [5, 5.41) is 0. The molecule has 0 radical (unpaired) electrons. The summed E-state index contributed by atoms with van der Waals surface area (Å²) in [6.07, 6.45) is -17.9. The smallest absolute Gasteiger partial charge is 0.416 e. The van der Waals surface area contributed by atoms with Crippen LogP contribution >= 0.6 is 0 Å². The van der Waals surface area contributed by atoms with Gasteiger partial charge in [0, 0.05) is 25.8 Å². The standard InChI is InChI=1S/C26H25F9N2O5/c1-23(2,42-13-38)37-19-6-5-15(24(27,28)29)10-18(19)20(11-21(37)40-3)36(22(39)41-4)12-14-7-16(25(30,31)32)9-17(8-14)26(33,34)35/h5-10,13,20-21H,11-12H2,1-4H3. The fraction of sp³-hybridized carbons (Fsp3) is 0.462. The first-order valence-electron chi connectivity index (χ1n) is 12.0. The zero-order chi connectivity index (χ0) is 31.8. The number of fused-ring (bicyclic) bond motifs is 1. The molecule has 1 aliphatic rings. The number of hydrogen-bond donors (Lipinski definition) is 0. The van der Waals surface area contributed by atoms with Crippen molar-refractivity contribution in [1.29, 1.82) is 0 Å². The Hall–Kier alpha value is -3.69. The van der Waals surface area contributed by atoms with Crippen LogP contribution < -0.4 is 4.90 Å². The van der Waals surface area contributed by atoms with E-state index in [2.05, 4.69) is 0 Å². The molecule has 0 aliphatic carbocycles. The van der Waals surface area contributed by atoms with Crippen molar-refractivity contribution in [3.05, 3.63) is 64.2 Å². The van der Waals surface area contributed by atoms with Gasteiger partial charge in [0.15, 0.2) is 5.72 Å². The third-order valence-corrected chi connectivity index (χ3v) is 6.66. The summed E-state index contributed by atoms with van der Waals surface area (Å²) in [4.78, 5) is 26.2. The van der Waals surface area contributed by atoms with Gasteiger partial charge in [-0.2, -0.15) is 39.5 Å². The van der Waals surface area contributed by atoms with E-state index in [0.29, 0.717) is 23.1 Å². The van der Waals surface area contributed by atoms with Crippen LogP contribution in [0.2, 0.25) is 0 Å². The normalized spacial score (nSPS) is 17.9. The Labute approximate surface area is 233 Å². The maximum Gasteiger partial charge on any atom is 0.416 e. The minimum atomic E-state index is -5.18. The minimum Gasteiger partial charge on any atom is -0.453 e. The summed E-state index contributed by atoms with van der Waals surface area (Å²) < 4.78 is 137. The van der Waals surface area contributed by atoms with Gasteiger partial charge in [-0.3, -0.25) is 9.69 Å². The highest BCUT2D eigenvalue weighted by Crippen LogP contribution is 2.47. The Morgan fingerprint density at radius 2 is 1.45 bits per heavy atom. The topological polar surface area (TPSA) is 68.3 Å². The van der Waals surface area contributed by atoms with Gasteiger partial charge in [-0.25, -0.2) is 4.79 Å². The first kappa shape index (κ1) is 32.8. The average Bonchev–Trinajstić information content (AvgIpc) is 2.88. The summed E-state index contributed by atoms with van der Waals surface area (Å²) in [6, 6.07) is 1.76. The van der Waals surface area contributed by atoms with Crippen molar-refractivity contribution in [3.63, 3.8) is 0 Å². The Balaban J connectivity index is 2.26. The van der Waals surface area contributed by atoms with Crippen LogP contribution in [0, 0.1) is 0 Å². The zero-order valence-electron chi connectivity index (χ0n) is 22.4. The highest BCUT2D eigenvalue weighted by Gasteiger charge is 2.46. The molecule has 0 saturated heterocycles. The first-order chi connectivity index (χ1) is 19.2. The predicted octanol–water partition coefficient (Wildman–Crippen LogP) is 7.14. The van der Waals surface area contributed by atoms with Crippen LogP contribution in [0.25, 0.3) is 0 Å². The van der Waals surface area contributed by atoms with Crippen LogP contribution in [0.15, 0.2) is 36.4 Å². The SMILES string of the molecule is COC(=O)N(Cc1cc(C(F)(F)F)cc(C(F)(F)F)c1)C1CC(OC)N(C(C)(C)OC=O)c2ccc(C(F)(F)F)cc21. The largest absolute Gasteiger partial charge is 0.453 e. The van der Waals surface area contributed by atoms with Gasteiger partial charge in [0.05, 0.1) is 29.8 Å². The molecule has 1 amide bonds. The van der Waals surface area contributed by atoms with E-state index in [1.807, 2.05) is 0 Å². The number of rotatable bonds is 7. The van der Waals surface area contributed by atoms with Crippen LogP contribution in [0.3, 0.4) is 0 Å². The monoisotopic (exact) mass is 616 g/mol. The molecule has 232 valence electrons. The number of hydrogen-bond acceptors (Lipinski definition) is 6. The number of nitrogens with zero attached hydrogens (tertiary/aromatic N) is 2. The second kappa shape index (κ2) is 11.5. The van der Waals surface area contributed by atoms with Gasteiger partial charge >= 0.3 is 24.6 Å². The second-order valence-corrected chi connectivity index (χ2v) is 9.76. The number of ether oxygens (including phenoxy) is 3. The number of benzene rings is 2. The third-order valence-electron chi connectivity index (χ3n) is 6.66. The first-order valence-corrected chi connectivity index (χ1v) is 12.0. The Bertz CT molecular complexity index is 1280. The molecular formula is C26H25F9N2O5. The summed E-state index contributed by atoms with van der Waals surface area (Å²) in [5.74, 6) is 0. The number of alkyl halides is 9. The molecule has 1 heterocycles. The van der Waals surface area contributed by atoms with Crippen LogP contribution in [0.4, 0.5) is 50.0 Å². The molecule has 0 aromatic heterocycles. The molecule has 2 aromatic carbocycles. The van der Waals surface area contributed by atoms with Crippen molar-refractivity contribution in [2.75, 3.05) is 19.1 Å². The Morgan fingerprint density at radius 1 is 0.905 bits per heavy atom. The highest BCUT2D eigenvalue weighted by atomic mass is 19.4. The van der Waals surface area contributed by atoms with E-state index in [4.69, 9.17) is 14.2 Å².